The van der Waals surface area contributed by atoms with Gasteiger partial charge in [0.05, 0.1) is 0 Å². The van der Waals surface area contributed by atoms with Crippen LogP contribution in [0, 0.1) is 0 Å². The number of hydrogen-bond acceptors (Lipinski definition) is 6. The van der Waals surface area contributed by atoms with Crippen LogP contribution in [-0.2, 0) is 14.1 Å². The molecule has 100 valence electrons. The molecule has 0 fully saturated rings. The number of aromatic nitrogens is 3. The van der Waals surface area contributed by atoms with Crippen molar-refractivity contribution in [1.82, 2.24) is 14.3 Å². The molecule has 0 aromatic carbocycles. The fourth-order valence-corrected chi connectivity index (χ4v) is 1.97. The molecule has 0 aliphatic rings. The molecule has 0 radical (unpaired) electrons. The second kappa shape index (κ2) is 4.69. The Bertz CT molecular complexity index is 757. The summed E-state index contributed by atoms with van der Waals surface area (Å²) in [6.07, 6.45) is 0. The van der Waals surface area contributed by atoms with Crippen molar-refractivity contribution >= 4 is 17.3 Å². The number of aromatic carboxylic acids is 1. The van der Waals surface area contributed by atoms with E-state index in [1.807, 2.05) is 0 Å². The zero-order chi connectivity index (χ0) is 14.2. The summed E-state index contributed by atoms with van der Waals surface area (Å²) >= 11 is 0.965. The van der Waals surface area contributed by atoms with Gasteiger partial charge in [0.25, 0.3) is 0 Å². The second-order valence-corrected chi connectivity index (χ2v) is 4.54. The summed E-state index contributed by atoms with van der Waals surface area (Å²) in [5.41, 5.74) is -1.26. The van der Waals surface area contributed by atoms with E-state index in [1.54, 1.807) is 0 Å². The molecule has 0 saturated carbocycles. The first kappa shape index (κ1) is 13.0. The third-order valence-corrected chi connectivity index (χ3v) is 3.19. The largest absolute Gasteiger partial charge is 0.477 e. The van der Waals surface area contributed by atoms with Gasteiger partial charge in [-0.3, -0.25) is 9.36 Å². The van der Waals surface area contributed by atoms with Crippen LogP contribution in [-0.4, -0.2) is 25.4 Å². The van der Waals surface area contributed by atoms with E-state index in [9.17, 15) is 14.4 Å². The molecular formula is C10H9N3O5S. The molecule has 0 saturated heterocycles. The molecule has 0 aliphatic heterocycles. The van der Waals surface area contributed by atoms with E-state index < -0.39 is 17.2 Å². The lowest BCUT2D eigenvalue weighted by molar-refractivity contribution is 0.0702. The van der Waals surface area contributed by atoms with Crippen molar-refractivity contribution < 1.29 is 14.6 Å². The molecule has 8 nitrogen and oxygen atoms in total. The summed E-state index contributed by atoms with van der Waals surface area (Å²) in [5.74, 6) is -1.19. The Kier molecular flexibility index (Phi) is 3.21. The minimum atomic E-state index is -1.08. The number of rotatable bonds is 3. The number of carboxylic acid groups (broad SMARTS) is 1. The minimum absolute atomic E-state index is 0.0802. The third kappa shape index (κ3) is 2.40. The quantitative estimate of drug-likeness (QED) is 0.852. The Hall–Kier alpha value is -2.42. The van der Waals surface area contributed by atoms with Crippen LogP contribution in [0.4, 0.5) is 0 Å². The van der Waals surface area contributed by atoms with E-state index in [4.69, 9.17) is 9.84 Å². The van der Waals surface area contributed by atoms with Gasteiger partial charge in [0, 0.05) is 25.5 Å². The average Bonchev–Trinajstić information content (AvgIpc) is 2.82. The normalized spacial score (nSPS) is 10.4. The predicted octanol–water partition coefficient (Wildman–Crippen LogP) is 0.0310. The summed E-state index contributed by atoms with van der Waals surface area (Å²) in [4.78, 5) is 34.0. The van der Waals surface area contributed by atoms with Crippen molar-refractivity contribution in [2.75, 3.05) is 0 Å². The van der Waals surface area contributed by atoms with Gasteiger partial charge in [-0.15, -0.1) is 16.4 Å². The van der Waals surface area contributed by atoms with Gasteiger partial charge in [-0.05, 0) is 0 Å². The first-order chi connectivity index (χ1) is 8.90. The molecule has 0 bridgehead atoms. The Balaban J connectivity index is 2.41. The van der Waals surface area contributed by atoms with Crippen molar-refractivity contribution in [3.63, 3.8) is 0 Å². The van der Waals surface area contributed by atoms with Crippen molar-refractivity contribution in [1.29, 1.82) is 0 Å². The molecular weight excluding hydrogens is 274 g/mol. The highest BCUT2D eigenvalue weighted by Gasteiger charge is 2.13. The van der Waals surface area contributed by atoms with Gasteiger partial charge in [-0.1, -0.05) is 0 Å². The summed E-state index contributed by atoms with van der Waals surface area (Å²) in [6.45, 7) is 0. The maximum atomic E-state index is 11.7. The van der Waals surface area contributed by atoms with Crippen LogP contribution in [0.25, 0.3) is 0 Å². The maximum absolute atomic E-state index is 11.7. The molecule has 0 aliphatic carbocycles. The third-order valence-electron chi connectivity index (χ3n) is 2.29. The fraction of sp³-hybridized carbons (Fsp3) is 0.200. The van der Waals surface area contributed by atoms with E-state index in [-0.39, 0.29) is 16.5 Å². The Morgan fingerprint density at radius 3 is 2.68 bits per heavy atom. The topological polar surface area (TPSA) is 103 Å². The lowest BCUT2D eigenvalue weighted by Crippen LogP contribution is -2.38. The van der Waals surface area contributed by atoms with Crippen LogP contribution in [0.5, 0.6) is 11.6 Å². The van der Waals surface area contributed by atoms with Crippen LogP contribution < -0.4 is 16.0 Å². The van der Waals surface area contributed by atoms with Crippen LogP contribution in [0.2, 0.25) is 0 Å². The van der Waals surface area contributed by atoms with Crippen molar-refractivity contribution in [2.24, 2.45) is 14.1 Å². The molecule has 0 atom stereocenters. The van der Waals surface area contributed by atoms with Gasteiger partial charge in [0.2, 0.25) is 0 Å². The highest BCUT2D eigenvalue weighted by molar-refractivity contribution is 7.12. The van der Waals surface area contributed by atoms with Crippen LogP contribution in [0.15, 0.2) is 21.0 Å². The lowest BCUT2D eigenvalue weighted by Gasteiger charge is -2.05. The van der Waals surface area contributed by atoms with Gasteiger partial charge in [-0.2, -0.15) is 0 Å². The number of ether oxygens (including phenoxy) is 1. The van der Waals surface area contributed by atoms with Crippen LogP contribution in [0.3, 0.4) is 0 Å². The summed E-state index contributed by atoms with van der Waals surface area (Å²) < 4.78 is 7.01. The second-order valence-electron chi connectivity index (χ2n) is 3.63. The highest BCUT2D eigenvalue weighted by Crippen LogP contribution is 2.24. The molecule has 2 heterocycles. The number of nitrogens with zero attached hydrogens (tertiary/aromatic N) is 3. The first-order valence-corrected chi connectivity index (χ1v) is 5.92. The summed E-state index contributed by atoms with van der Waals surface area (Å²) in [5, 5.41) is 13.9. The molecule has 2 aromatic heterocycles. The van der Waals surface area contributed by atoms with Crippen LogP contribution >= 0.6 is 11.3 Å². The van der Waals surface area contributed by atoms with E-state index in [0.717, 1.165) is 20.6 Å². The van der Waals surface area contributed by atoms with E-state index in [1.165, 1.54) is 25.5 Å². The van der Waals surface area contributed by atoms with Crippen LogP contribution in [0.1, 0.15) is 9.67 Å². The molecule has 0 amide bonds. The van der Waals surface area contributed by atoms with E-state index >= 15 is 0 Å². The number of carboxylic acids is 1. The molecule has 0 spiro atoms. The zero-order valence-corrected chi connectivity index (χ0v) is 10.8. The Labute approximate surface area is 110 Å². The first-order valence-electron chi connectivity index (χ1n) is 5.04. The Morgan fingerprint density at radius 1 is 1.42 bits per heavy atom. The van der Waals surface area contributed by atoms with Crippen molar-refractivity contribution in [3.8, 4) is 11.6 Å². The van der Waals surface area contributed by atoms with Gasteiger partial charge in [-0.25, -0.2) is 14.3 Å². The molecule has 9 heteroatoms. The molecule has 1 N–H and O–H groups in total. The van der Waals surface area contributed by atoms with Gasteiger partial charge >= 0.3 is 23.1 Å². The minimum Gasteiger partial charge on any atom is -0.477 e. The number of carbonyl (C=O) groups is 1. The smallest absolute Gasteiger partial charge is 0.347 e. The SMILES string of the molecule is Cn1nc(Oc2csc(C(=O)O)c2)c(=O)n(C)c1=O. The van der Waals surface area contributed by atoms with Crippen molar-refractivity contribution in [3.05, 3.63) is 37.2 Å². The monoisotopic (exact) mass is 283 g/mol. The standard InChI is InChI=1S/C10H9N3O5S/c1-12-8(14)7(11-13(2)10(12)17)18-5-3-6(9(15)16)19-4-5/h3-4H,1-2H3,(H,15,16). The summed E-state index contributed by atoms with van der Waals surface area (Å²) in [6, 6.07) is 1.28. The van der Waals surface area contributed by atoms with Gasteiger partial charge < -0.3 is 9.84 Å². The molecule has 2 aromatic rings. The van der Waals surface area contributed by atoms with Gasteiger partial charge in [0.15, 0.2) is 0 Å². The van der Waals surface area contributed by atoms with Gasteiger partial charge in [0.1, 0.15) is 10.6 Å². The predicted molar refractivity (Wildman–Crippen MR) is 66.1 cm³/mol. The molecule has 0 unspecified atom stereocenters. The fourth-order valence-electron chi connectivity index (χ4n) is 1.33. The number of hydrogen-bond donors (Lipinski definition) is 1. The highest BCUT2D eigenvalue weighted by atomic mass is 32.1. The number of aryl methyl sites for hydroxylation is 1. The molecule has 19 heavy (non-hydrogen) atoms. The zero-order valence-electron chi connectivity index (χ0n) is 9.98. The van der Waals surface area contributed by atoms with Crippen molar-refractivity contribution in [2.45, 2.75) is 0 Å². The number of thiophene rings is 1. The van der Waals surface area contributed by atoms with E-state index in [0.29, 0.717) is 0 Å². The van der Waals surface area contributed by atoms with E-state index in [2.05, 4.69) is 5.10 Å². The molecule has 2 rings (SSSR count). The lowest BCUT2D eigenvalue weighted by atomic mass is 10.4. The maximum Gasteiger partial charge on any atom is 0.347 e. The average molecular weight is 283 g/mol. The Morgan fingerprint density at radius 2 is 2.11 bits per heavy atom. The summed E-state index contributed by atoms with van der Waals surface area (Å²) in [7, 11) is 2.68.